The molecular weight excluding hydrogens is 464 g/mol. The Morgan fingerprint density at radius 1 is 1.17 bits per heavy atom. The number of thioether (sulfide) groups is 1. The van der Waals surface area contributed by atoms with Crippen LogP contribution in [0.4, 0.5) is 0 Å². The van der Waals surface area contributed by atoms with Gasteiger partial charge in [0.1, 0.15) is 0 Å². The molecule has 0 bridgehead atoms. The number of nitrogens with one attached hydrogen (secondary N) is 1. The highest BCUT2D eigenvalue weighted by molar-refractivity contribution is 9.10. The van der Waals surface area contributed by atoms with E-state index in [0.717, 1.165) is 21.3 Å². The maximum absolute atomic E-state index is 12.5. The van der Waals surface area contributed by atoms with Gasteiger partial charge in [0.25, 0.3) is 0 Å². The van der Waals surface area contributed by atoms with Gasteiger partial charge >= 0.3 is 0 Å². The number of aromatic nitrogens is 5. The van der Waals surface area contributed by atoms with E-state index in [9.17, 15) is 4.79 Å². The van der Waals surface area contributed by atoms with E-state index in [1.807, 2.05) is 60.8 Å². The molecule has 2 aromatic heterocycles. The highest BCUT2D eigenvalue weighted by atomic mass is 79.9. The van der Waals surface area contributed by atoms with E-state index in [4.69, 9.17) is 0 Å². The highest BCUT2D eigenvalue weighted by Crippen LogP contribution is 2.26. The van der Waals surface area contributed by atoms with Crippen molar-refractivity contribution in [2.24, 2.45) is 0 Å². The number of carbonyl (C=O) groups is 1. The lowest BCUT2D eigenvalue weighted by molar-refractivity contribution is -0.127. The number of nitrogens with zero attached hydrogens (tertiary/aromatic N) is 5. The largest absolute Gasteiger partial charge is 0.341 e. The molecule has 152 valence electrons. The Kier molecular flexibility index (Phi) is 6.29. The fraction of sp³-hybridized carbons (Fsp3) is 0.143. The lowest BCUT2D eigenvalue weighted by Gasteiger charge is -2.15. The average Bonchev–Trinajstić information content (AvgIpc) is 3.43. The predicted octanol–water partition coefficient (Wildman–Crippen LogP) is 4.17. The number of aromatic amines is 1. The number of amides is 1. The summed E-state index contributed by atoms with van der Waals surface area (Å²) >= 11 is 4.82. The van der Waals surface area contributed by atoms with Gasteiger partial charge in [0.05, 0.1) is 17.6 Å². The molecule has 4 rings (SSSR count). The van der Waals surface area contributed by atoms with Crippen molar-refractivity contribution in [2.45, 2.75) is 11.7 Å². The zero-order chi connectivity index (χ0) is 20.9. The smallest absolute Gasteiger partial charge is 0.233 e. The zero-order valence-electron chi connectivity index (χ0n) is 16.2. The van der Waals surface area contributed by atoms with E-state index in [2.05, 4.69) is 36.2 Å². The van der Waals surface area contributed by atoms with Crippen LogP contribution in [0.5, 0.6) is 0 Å². The van der Waals surface area contributed by atoms with E-state index < -0.39 is 0 Å². The quantitative estimate of drug-likeness (QED) is 0.399. The number of para-hydroxylation sites is 1. The monoisotopic (exact) mass is 482 g/mol. The van der Waals surface area contributed by atoms with E-state index in [1.165, 1.54) is 11.8 Å². The van der Waals surface area contributed by atoms with Crippen molar-refractivity contribution in [3.63, 3.8) is 0 Å². The number of rotatable bonds is 7. The van der Waals surface area contributed by atoms with Crippen molar-refractivity contribution in [2.75, 3.05) is 12.8 Å². The van der Waals surface area contributed by atoms with Gasteiger partial charge in [-0.25, -0.2) is 9.67 Å². The number of H-pyrrole nitrogens is 1. The molecule has 9 heteroatoms. The molecule has 7 nitrogen and oxygen atoms in total. The summed E-state index contributed by atoms with van der Waals surface area (Å²) in [4.78, 5) is 18.7. The van der Waals surface area contributed by atoms with Crippen molar-refractivity contribution < 1.29 is 4.79 Å². The molecule has 0 atom stereocenters. The number of hydrogen-bond donors (Lipinski definition) is 1. The normalized spacial score (nSPS) is 10.9. The lowest BCUT2D eigenvalue weighted by Crippen LogP contribution is -2.27. The molecule has 1 amide bonds. The predicted molar refractivity (Wildman–Crippen MR) is 120 cm³/mol. The standard InChI is InChI=1S/C21H19BrN6OS/c1-27(12-15-11-23-28(13-15)16-7-3-2-4-8-16)19(29)14-30-21-24-20(25-26-21)17-9-5-6-10-18(17)22/h2-11,13H,12,14H2,1H3,(H,24,25,26). The Hall–Kier alpha value is -2.91. The summed E-state index contributed by atoms with van der Waals surface area (Å²) < 4.78 is 2.74. The fourth-order valence-electron chi connectivity index (χ4n) is 2.85. The Labute approximate surface area is 186 Å². The Balaban J connectivity index is 1.32. The number of benzene rings is 2. The Morgan fingerprint density at radius 2 is 1.93 bits per heavy atom. The summed E-state index contributed by atoms with van der Waals surface area (Å²) in [5, 5.41) is 12.1. The minimum atomic E-state index is -0.000275. The second-order valence-electron chi connectivity index (χ2n) is 6.61. The topological polar surface area (TPSA) is 79.7 Å². The first-order valence-electron chi connectivity index (χ1n) is 9.23. The van der Waals surface area contributed by atoms with Gasteiger partial charge in [0.15, 0.2) is 5.82 Å². The molecule has 2 heterocycles. The van der Waals surface area contributed by atoms with Crippen molar-refractivity contribution in [1.82, 2.24) is 29.9 Å². The van der Waals surface area contributed by atoms with Gasteiger partial charge in [-0.05, 0) is 18.2 Å². The summed E-state index contributed by atoms with van der Waals surface area (Å²) in [5.74, 6) is 0.926. The van der Waals surface area contributed by atoms with Gasteiger partial charge in [0.2, 0.25) is 11.1 Å². The van der Waals surface area contributed by atoms with Gasteiger partial charge in [-0.15, -0.1) is 5.10 Å². The van der Waals surface area contributed by atoms with Crippen molar-refractivity contribution >= 4 is 33.6 Å². The molecule has 0 fully saturated rings. The van der Waals surface area contributed by atoms with E-state index in [0.29, 0.717) is 17.5 Å². The summed E-state index contributed by atoms with van der Waals surface area (Å²) in [7, 11) is 1.78. The van der Waals surface area contributed by atoms with Crippen LogP contribution in [0.25, 0.3) is 17.1 Å². The van der Waals surface area contributed by atoms with Crippen LogP contribution in [0.2, 0.25) is 0 Å². The Bertz CT molecular complexity index is 1140. The second kappa shape index (κ2) is 9.27. The van der Waals surface area contributed by atoms with Crippen molar-refractivity contribution in [3.8, 4) is 17.1 Å². The second-order valence-corrected chi connectivity index (χ2v) is 8.41. The number of hydrogen-bond acceptors (Lipinski definition) is 5. The fourth-order valence-corrected chi connectivity index (χ4v) is 4.06. The van der Waals surface area contributed by atoms with Gasteiger partial charge in [-0.1, -0.05) is 64.1 Å². The SMILES string of the molecule is CN(Cc1cnn(-c2ccccc2)c1)C(=O)CSc1n[nH]c(-c2ccccc2Br)n1. The molecule has 0 unspecified atom stereocenters. The van der Waals surface area contributed by atoms with Crippen LogP contribution in [-0.2, 0) is 11.3 Å². The van der Waals surface area contributed by atoms with Crippen molar-refractivity contribution in [1.29, 1.82) is 0 Å². The van der Waals surface area contributed by atoms with E-state index in [1.54, 1.807) is 22.8 Å². The Morgan fingerprint density at radius 3 is 2.73 bits per heavy atom. The molecule has 0 aliphatic rings. The first kappa shape index (κ1) is 20.4. The average molecular weight is 483 g/mol. The first-order valence-corrected chi connectivity index (χ1v) is 11.0. The van der Waals surface area contributed by atoms with E-state index in [-0.39, 0.29) is 11.7 Å². The maximum atomic E-state index is 12.5. The molecule has 2 aromatic carbocycles. The van der Waals surface area contributed by atoms with Crippen LogP contribution in [0.3, 0.4) is 0 Å². The summed E-state index contributed by atoms with van der Waals surface area (Å²) in [6.45, 7) is 0.489. The van der Waals surface area contributed by atoms with Crippen LogP contribution in [0, 0.1) is 0 Å². The lowest BCUT2D eigenvalue weighted by atomic mass is 10.2. The van der Waals surface area contributed by atoms with Gasteiger partial charge in [0, 0.05) is 35.4 Å². The minimum absolute atomic E-state index is 0.000275. The van der Waals surface area contributed by atoms with E-state index >= 15 is 0 Å². The molecule has 1 N–H and O–H groups in total. The van der Waals surface area contributed by atoms with Gasteiger partial charge in [-0.3, -0.25) is 9.89 Å². The van der Waals surface area contributed by atoms with Crippen LogP contribution < -0.4 is 0 Å². The van der Waals surface area contributed by atoms with Crippen LogP contribution in [0.1, 0.15) is 5.56 Å². The third kappa shape index (κ3) is 4.80. The van der Waals surface area contributed by atoms with Crippen LogP contribution in [-0.4, -0.2) is 48.6 Å². The first-order chi connectivity index (χ1) is 14.6. The summed E-state index contributed by atoms with van der Waals surface area (Å²) in [6, 6.07) is 17.7. The molecule has 0 radical (unpaired) electrons. The van der Waals surface area contributed by atoms with Gasteiger partial charge < -0.3 is 4.90 Å². The number of halogens is 1. The molecule has 30 heavy (non-hydrogen) atoms. The summed E-state index contributed by atoms with van der Waals surface area (Å²) in [5.41, 5.74) is 2.88. The summed E-state index contributed by atoms with van der Waals surface area (Å²) in [6.07, 6.45) is 3.72. The van der Waals surface area contributed by atoms with Crippen molar-refractivity contribution in [3.05, 3.63) is 77.0 Å². The number of carbonyl (C=O) groups excluding carboxylic acids is 1. The molecule has 4 aromatic rings. The molecule has 0 saturated heterocycles. The maximum Gasteiger partial charge on any atom is 0.233 e. The third-order valence-corrected chi connectivity index (χ3v) is 5.94. The third-order valence-electron chi connectivity index (χ3n) is 4.42. The molecule has 0 aliphatic carbocycles. The van der Waals surface area contributed by atoms with Crippen LogP contribution >= 0.6 is 27.7 Å². The van der Waals surface area contributed by atoms with Crippen LogP contribution in [0.15, 0.2) is 76.6 Å². The van der Waals surface area contributed by atoms with Gasteiger partial charge in [-0.2, -0.15) is 5.10 Å². The zero-order valence-corrected chi connectivity index (χ0v) is 18.6. The molecule has 0 spiro atoms. The molecular formula is C21H19BrN6OS. The highest BCUT2D eigenvalue weighted by Gasteiger charge is 2.14. The molecule has 0 aliphatic heterocycles. The molecule has 0 saturated carbocycles. The minimum Gasteiger partial charge on any atom is -0.341 e.